The minimum absolute atomic E-state index is 0.155. The van der Waals surface area contributed by atoms with Gasteiger partial charge in [-0.2, -0.15) is 0 Å². The van der Waals surface area contributed by atoms with Crippen LogP contribution in [0.1, 0.15) is 39.5 Å². The lowest BCUT2D eigenvalue weighted by Gasteiger charge is -2.10. The van der Waals surface area contributed by atoms with E-state index in [9.17, 15) is 0 Å². The van der Waals surface area contributed by atoms with Crippen LogP contribution in [0.2, 0.25) is 0 Å². The summed E-state index contributed by atoms with van der Waals surface area (Å²) >= 11 is 0. The minimum Gasteiger partial charge on any atom is -0.350 e. The predicted octanol–water partition coefficient (Wildman–Crippen LogP) is 1.64. The molecular formula is C8H17NO. The van der Waals surface area contributed by atoms with Crippen LogP contribution in [0.3, 0.4) is 0 Å². The first-order chi connectivity index (χ1) is 4.81. The third-order valence-electron chi connectivity index (χ3n) is 2.13. The Morgan fingerprint density at radius 2 is 2.10 bits per heavy atom. The summed E-state index contributed by atoms with van der Waals surface area (Å²) in [6.45, 7) is 4.00. The Morgan fingerprint density at radius 3 is 2.50 bits per heavy atom. The van der Waals surface area contributed by atoms with Crippen LogP contribution >= 0.6 is 0 Å². The molecule has 1 aliphatic carbocycles. The fraction of sp³-hybridized carbons (Fsp3) is 1.00. The first-order valence-corrected chi connectivity index (χ1v) is 4.28. The van der Waals surface area contributed by atoms with Crippen LogP contribution in [0.25, 0.3) is 0 Å². The Labute approximate surface area is 62.7 Å². The molecule has 0 aromatic carbocycles. The van der Waals surface area contributed by atoms with Crippen LogP contribution in [-0.4, -0.2) is 11.8 Å². The average molecular weight is 143 g/mol. The van der Waals surface area contributed by atoms with E-state index in [2.05, 4.69) is 0 Å². The SMILES string of the molecule is CC.NC12CCCCC1O2. The fourth-order valence-electron chi connectivity index (χ4n) is 1.49. The van der Waals surface area contributed by atoms with E-state index in [0.717, 1.165) is 6.42 Å². The summed E-state index contributed by atoms with van der Waals surface area (Å²) in [5, 5.41) is 0. The highest BCUT2D eigenvalue weighted by Crippen LogP contribution is 2.42. The Balaban J connectivity index is 0.000000231. The number of hydrogen-bond acceptors (Lipinski definition) is 2. The maximum Gasteiger partial charge on any atom is 0.143 e. The quantitative estimate of drug-likeness (QED) is 0.523. The maximum atomic E-state index is 5.73. The Bertz CT molecular complexity index is 114. The largest absolute Gasteiger partial charge is 0.350 e. The molecule has 0 amide bonds. The van der Waals surface area contributed by atoms with Gasteiger partial charge in [-0.15, -0.1) is 0 Å². The van der Waals surface area contributed by atoms with Gasteiger partial charge in [-0.25, -0.2) is 0 Å². The molecule has 2 N–H and O–H groups in total. The van der Waals surface area contributed by atoms with Crippen molar-refractivity contribution < 1.29 is 4.74 Å². The van der Waals surface area contributed by atoms with Gasteiger partial charge in [0.25, 0.3) is 0 Å². The van der Waals surface area contributed by atoms with E-state index in [0.29, 0.717) is 6.10 Å². The van der Waals surface area contributed by atoms with Crippen molar-refractivity contribution in [1.82, 2.24) is 0 Å². The molecule has 2 fully saturated rings. The van der Waals surface area contributed by atoms with E-state index in [1.165, 1.54) is 19.3 Å². The molecule has 2 atom stereocenters. The summed E-state index contributed by atoms with van der Waals surface area (Å²) < 4.78 is 5.24. The summed E-state index contributed by atoms with van der Waals surface area (Å²) in [6.07, 6.45) is 5.27. The summed E-state index contributed by atoms with van der Waals surface area (Å²) in [6, 6.07) is 0. The van der Waals surface area contributed by atoms with Crippen molar-refractivity contribution in [3.05, 3.63) is 0 Å². The van der Waals surface area contributed by atoms with Crippen molar-refractivity contribution >= 4 is 0 Å². The van der Waals surface area contributed by atoms with Gasteiger partial charge in [0, 0.05) is 0 Å². The molecule has 2 rings (SSSR count). The van der Waals surface area contributed by atoms with E-state index < -0.39 is 0 Å². The van der Waals surface area contributed by atoms with Gasteiger partial charge < -0.3 is 10.5 Å². The molecule has 1 heterocycles. The minimum atomic E-state index is -0.155. The zero-order valence-corrected chi connectivity index (χ0v) is 6.89. The molecule has 2 nitrogen and oxygen atoms in total. The van der Waals surface area contributed by atoms with Gasteiger partial charge in [0.2, 0.25) is 0 Å². The van der Waals surface area contributed by atoms with Crippen LogP contribution in [0.5, 0.6) is 0 Å². The summed E-state index contributed by atoms with van der Waals surface area (Å²) in [5.41, 5.74) is 5.58. The summed E-state index contributed by atoms with van der Waals surface area (Å²) in [5.74, 6) is 0. The molecule has 1 saturated heterocycles. The highest BCUT2D eigenvalue weighted by atomic mass is 16.6. The molecule has 0 spiro atoms. The number of ether oxygens (including phenoxy) is 1. The van der Waals surface area contributed by atoms with Gasteiger partial charge in [-0.1, -0.05) is 20.3 Å². The van der Waals surface area contributed by atoms with Gasteiger partial charge in [0.05, 0.1) is 0 Å². The number of epoxide rings is 1. The lowest BCUT2D eigenvalue weighted by molar-refractivity contribution is 0.292. The Kier molecular flexibility index (Phi) is 2.32. The zero-order valence-electron chi connectivity index (χ0n) is 6.89. The molecule has 0 aromatic heterocycles. The maximum absolute atomic E-state index is 5.73. The normalized spacial score (nSPS) is 42.9. The molecule has 2 heteroatoms. The van der Waals surface area contributed by atoms with Gasteiger partial charge in [-0.05, 0) is 19.3 Å². The van der Waals surface area contributed by atoms with Crippen molar-refractivity contribution in [3.8, 4) is 0 Å². The number of hydrogen-bond donors (Lipinski definition) is 1. The first kappa shape index (κ1) is 8.02. The zero-order chi connectivity index (χ0) is 7.61. The number of fused-ring (bicyclic) bond motifs is 1. The van der Waals surface area contributed by atoms with Gasteiger partial charge >= 0.3 is 0 Å². The lowest BCUT2D eigenvalue weighted by Crippen LogP contribution is -2.29. The average Bonchev–Trinajstić information content (AvgIpc) is 2.64. The smallest absolute Gasteiger partial charge is 0.143 e. The molecule has 1 aliphatic heterocycles. The topological polar surface area (TPSA) is 38.5 Å². The van der Waals surface area contributed by atoms with Crippen molar-refractivity contribution in [2.75, 3.05) is 0 Å². The van der Waals surface area contributed by atoms with Crippen LogP contribution in [0, 0.1) is 0 Å². The van der Waals surface area contributed by atoms with E-state index in [1.54, 1.807) is 0 Å². The van der Waals surface area contributed by atoms with Crippen molar-refractivity contribution in [3.63, 3.8) is 0 Å². The molecule has 1 saturated carbocycles. The van der Waals surface area contributed by atoms with E-state index in [4.69, 9.17) is 10.5 Å². The molecule has 2 unspecified atom stereocenters. The highest BCUT2D eigenvalue weighted by Gasteiger charge is 2.53. The molecule has 0 aromatic rings. The second kappa shape index (κ2) is 2.89. The molecule has 60 valence electrons. The van der Waals surface area contributed by atoms with Crippen molar-refractivity contribution in [2.45, 2.75) is 51.4 Å². The van der Waals surface area contributed by atoms with Gasteiger partial charge in [0.1, 0.15) is 11.8 Å². The molecular weight excluding hydrogens is 126 g/mol. The third kappa shape index (κ3) is 1.32. The number of nitrogens with two attached hydrogens (primary N) is 1. The second-order valence-electron chi connectivity index (χ2n) is 2.81. The van der Waals surface area contributed by atoms with Crippen molar-refractivity contribution in [2.24, 2.45) is 5.73 Å². The van der Waals surface area contributed by atoms with E-state index in [-0.39, 0.29) is 5.72 Å². The molecule has 10 heavy (non-hydrogen) atoms. The third-order valence-corrected chi connectivity index (χ3v) is 2.13. The fourth-order valence-corrected chi connectivity index (χ4v) is 1.49. The van der Waals surface area contributed by atoms with Crippen LogP contribution in [-0.2, 0) is 4.74 Å². The first-order valence-electron chi connectivity index (χ1n) is 4.28. The van der Waals surface area contributed by atoms with Gasteiger partial charge in [0.15, 0.2) is 0 Å². The predicted molar refractivity (Wildman–Crippen MR) is 41.6 cm³/mol. The lowest BCUT2D eigenvalue weighted by atomic mass is 9.97. The number of rotatable bonds is 0. The molecule has 0 bridgehead atoms. The van der Waals surface area contributed by atoms with Crippen LogP contribution in [0.4, 0.5) is 0 Å². The second-order valence-corrected chi connectivity index (χ2v) is 2.81. The highest BCUT2D eigenvalue weighted by molar-refractivity contribution is 4.99. The van der Waals surface area contributed by atoms with Crippen LogP contribution in [0.15, 0.2) is 0 Å². The van der Waals surface area contributed by atoms with Crippen LogP contribution < -0.4 is 5.73 Å². The summed E-state index contributed by atoms with van der Waals surface area (Å²) in [4.78, 5) is 0. The Morgan fingerprint density at radius 1 is 1.40 bits per heavy atom. The standard InChI is InChI=1S/C6H11NO.C2H6/c7-6-4-2-1-3-5(6)8-6;1-2/h5H,1-4,7H2;1-2H3. The van der Waals surface area contributed by atoms with Gasteiger partial charge in [-0.3, -0.25) is 0 Å². The molecule has 2 aliphatic rings. The molecule has 0 radical (unpaired) electrons. The van der Waals surface area contributed by atoms with E-state index >= 15 is 0 Å². The van der Waals surface area contributed by atoms with E-state index in [1.807, 2.05) is 13.8 Å². The summed E-state index contributed by atoms with van der Waals surface area (Å²) in [7, 11) is 0. The Hall–Kier alpha value is -0.0800. The van der Waals surface area contributed by atoms with Crippen molar-refractivity contribution in [1.29, 1.82) is 0 Å². The monoisotopic (exact) mass is 143 g/mol.